The summed E-state index contributed by atoms with van der Waals surface area (Å²) in [6.45, 7) is 4.74. The van der Waals surface area contributed by atoms with E-state index in [1.165, 1.54) is 12.1 Å². The maximum atomic E-state index is 12.3. The number of alkyl halides is 3. The first-order valence-electron chi connectivity index (χ1n) is 5.17. The number of hydrogen-bond donors (Lipinski definition) is 1. The predicted octanol–water partition coefficient (Wildman–Crippen LogP) is 3.56. The van der Waals surface area contributed by atoms with Crippen LogP contribution in [-0.2, 0) is 6.18 Å². The molecule has 0 aromatic carbocycles. The van der Waals surface area contributed by atoms with Gasteiger partial charge in [0.25, 0.3) is 0 Å². The zero-order chi connectivity index (χ0) is 12.2. The molecule has 2 nitrogen and oxygen atoms in total. The van der Waals surface area contributed by atoms with Gasteiger partial charge in [-0.15, -0.1) is 0 Å². The van der Waals surface area contributed by atoms with E-state index in [9.17, 15) is 13.2 Å². The van der Waals surface area contributed by atoms with E-state index in [0.717, 1.165) is 12.5 Å². The second-order valence-corrected chi connectivity index (χ2v) is 4.02. The van der Waals surface area contributed by atoms with E-state index in [0.29, 0.717) is 12.5 Å². The van der Waals surface area contributed by atoms with Crippen LogP contribution in [0.25, 0.3) is 0 Å². The van der Waals surface area contributed by atoms with Crippen molar-refractivity contribution >= 4 is 5.82 Å². The molecule has 0 aliphatic carbocycles. The van der Waals surface area contributed by atoms with Gasteiger partial charge in [-0.1, -0.05) is 19.9 Å². The van der Waals surface area contributed by atoms with E-state index in [2.05, 4.69) is 24.1 Å². The molecule has 0 aliphatic heterocycles. The Morgan fingerprint density at radius 2 is 2.00 bits per heavy atom. The maximum absolute atomic E-state index is 12.3. The molecule has 0 saturated carbocycles. The molecule has 0 spiro atoms. The zero-order valence-corrected chi connectivity index (χ0v) is 9.30. The lowest BCUT2D eigenvalue weighted by molar-refractivity contribution is -0.141. The van der Waals surface area contributed by atoms with Gasteiger partial charge in [-0.25, -0.2) is 4.98 Å². The number of aromatic nitrogens is 1. The van der Waals surface area contributed by atoms with Crippen molar-refractivity contribution in [3.63, 3.8) is 0 Å². The SMILES string of the molecule is CC(C)CCNc1cccc(C(F)(F)F)n1. The minimum atomic E-state index is -4.38. The molecule has 0 bridgehead atoms. The minimum Gasteiger partial charge on any atom is -0.370 e. The molecular weight excluding hydrogens is 217 g/mol. The van der Waals surface area contributed by atoms with Gasteiger partial charge in [0.1, 0.15) is 11.5 Å². The summed E-state index contributed by atoms with van der Waals surface area (Å²) >= 11 is 0. The van der Waals surface area contributed by atoms with E-state index < -0.39 is 11.9 Å². The van der Waals surface area contributed by atoms with Gasteiger partial charge in [-0.3, -0.25) is 0 Å². The van der Waals surface area contributed by atoms with Crippen LogP contribution >= 0.6 is 0 Å². The van der Waals surface area contributed by atoms with Crippen LogP contribution in [-0.4, -0.2) is 11.5 Å². The monoisotopic (exact) mass is 232 g/mol. The summed E-state index contributed by atoms with van der Waals surface area (Å²) in [7, 11) is 0. The van der Waals surface area contributed by atoms with Crippen LogP contribution in [0.4, 0.5) is 19.0 Å². The molecule has 90 valence electrons. The topological polar surface area (TPSA) is 24.9 Å². The molecule has 1 aromatic rings. The van der Waals surface area contributed by atoms with E-state index in [-0.39, 0.29) is 5.82 Å². The fraction of sp³-hybridized carbons (Fsp3) is 0.545. The van der Waals surface area contributed by atoms with Crippen molar-refractivity contribution in [3.8, 4) is 0 Å². The van der Waals surface area contributed by atoms with Gasteiger partial charge >= 0.3 is 6.18 Å². The number of rotatable bonds is 4. The van der Waals surface area contributed by atoms with Gasteiger partial charge < -0.3 is 5.32 Å². The number of hydrogen-bond acceptors (Lipinski definition) is 2. The summed E-state index contributed by atoms with van der Waals surface area (Å²) < 4.78 is 37.0. The van der Waals surface area contributed by atoms with E-state index in [4.69, 9.17) is 0 Å². The van der Waals surface area contributed by atoms with Crippen molar-refractivity contribution in [2.45, 2.75) is 26.4 Å². The maximum Gasteiger partial charge on any atom is 0.433 e. The highest BCUT2D eigenvalue weighted by Gasteiger charge is 2.32. The first kappa shape index (κ1) is 12.8. The predicted molar refractivity (Wildman–Crippen MR) is 57.2 cm³/mol. The molecule has 0 unspecified atom stereocenters. The van der Waals surface area contributed by atoms with Gasteiger partial charge in [0.05, 0.1) is 0 Å². The van der Waals surface area contributed by atoms with Gasteiger partial charge in [0.15, 0.2) is 0 Å². The highest BCUT2D eigenvalue weighted by atomic mass is 19.4. The molecule has 1 rings (SSSR count). The van der Waals surface area contributed by atoms with Crippen molar-refractivity contribution in [1.82, 2.24) is 4.98 Å². The van der Waals surface area contributed by atoms with E-state index >= 15 is 0 Å². The number of anilines is 1. The summed E-state index contributed by atoms with van der Waals surface area (Å²) in [6.07, 6.45) is -3.48. The van der Waals surface area contributed by atoms with Crippen LogP contribution in [0.2, 0.25) is 0 Å². The van der Waals surface area contributed by atoms with Crippen LogP contribution in [0.1, 0.15) is 26.0 Å². The van der Waals surface area contributed by atoms with Crippen LogP contribution in [0.3, 0.4) is 0 Å². The Bertz CT molecular complexity index is 334. The Balaban J connectivity index is 2.61. The molecule has 0 atom stereocenters. The van der Waals surface area contributed by atoms with Crippen LogP contribution < -0.4 is 5.32 Å². The van der Waals surface area contributed by atoms with Gasteiger partial charge in [-0.2, -0.15) is 13.2 Å². The summed E-state index contributed by atoms with van der Waals surface area (Å²) in [6, 6.07) is 3.86. The molecule has 0 aliphatic rings. The van der Waals surface area contributed by atoms with Crippen molar-refractivity contribution in [2.24, 2.45) is 5.92 Å². The summed E-state index contributed by atoms with van der Waals surface area (Å²) in [5, 5.41) is 2.88. The number of halogens is 3. The van der Waals surface area contributed by atoms with Crippen molar-refractivity contribution in [1.29, 1.82) is 0 Å². The zero-order valence-electron chi connectivity index (χ0n) is 9.30. The summed E-state index contributed by atoms with van der Waals surface area (Å²) in [4.78, 5) is 3.50. The molecule has 5 heteroatoms. The largest absolute Gasteiger partial charge is 0.433 e. The highest BCUT2D eigenvalue weighted by molar-refractivity contribution is 5.35. The highest BCUT2D eigenvalue weighted by Crippen LogP contribution is 2.28. The second-order valence-electron chi connectivity index (χ2n) is 4.02. The average molecular weight is 232 g/mol. The Labute approximate surface area is 92.9 Å². The average Bonchev–Trinajstić information content (AvgIpc) is 2.16. The third-order valence-corrected chi connectivity index (χ3v) is 2.07. The van der Waals surface area contributed by atoms with Crippen molar-refractivity contribution in [2.75, 3.05) is 11.9 Å². The van der Waals surface area contributed by atoms with E-state index in [1.807, 2.05) is 0 Å². The smallest absolute Gasteiger partial charge is 0.370 e. The van der Waals surface area contributed by atoms with Gasteiger partial charge in [0, 0.05) is 6.54 Å². The summed E-state index contributed by atoms with van der Waals surface area (Å²) in [5.74, 6) is 0.786. The molecule has 0 radical (unpaired) electrons. The van der Waals surface area contributed by atoms with Crippen molar-refractivity contribution in [3.05, 3.63) is 23.9 Å². The third kappa shape index (κ3) is 4.08. The Kier molecular flexibility index (Phi) is 4.15. The standard InChI is InChI=1S/C11H15F3N2/c1-8(2)6-7-15-10-5-3-4-9(16-10)11(12,13)14/h3-5,8H,6-7H2,1-2H3,(H,15,16). The molecule has 0 fully saturated rings. The lowest BCUT2D eigenvalue weighted by Crippen LogP contribution is -2.11. The fourth-order valence-corrected chi connectivity index (χ4v) is 1.18. The molecule has 1 N–H and O–H groups in total. The second kappa shape index (κ2) is 5.18. The molecule has 0 amide bonds. The Morgan fingerprint density at radius 3 is 2.56 bits per heavy atom. The van der Waals surface area contributed by atoms with Crippen LogP contribution in [0.5, 0.6) is 0 Å². The number of nitrogens with one attached hydrogen (secondary N) is 1. The quantitative estimate of drug-likeness (QED) is 0.858. The third-order valence-electron chi connectivity index (χ3n) is 2.07. The molecule has 1 aromatic heterocycles. The first-order chi connectivity index (χ1) is 7.39. The van der Waals surface area contributed by atoms with Crippen LogP contribution in [0, 0.1) is 5.92 Å². The normalized spacial score (nSPS) is 11.9. The Hall–Kier alpha value is -1.26. The molecule has 0 saturated heterocycles. The molecular formula is C11H15F3N2. The van der Waals surface area contributed by atoms with Gasteiger partial charge in [0.2, 0.25) is 0 Å². The lowest BCUT2D eigenvalue weighted by atomic mass is 10.1. The molecule has 16 heavy (non-hydrogen) atoms. The van der Waals surface area contributed by atoms with E-state index in [1.54, 1.807) is 0 Å². The van der Waals surface area contributed by atoms with Crippen molar-refractivity contribution < 1.29 is 13.2 Å². The summed E-state index contributed by atoms with van der Waals surface area (Å²) in [5.41, 5.74) is -0.859. The number of nitrogens with zero attached hydrogens (tertiary/aromatic N) is 1. The van der Waals surface area contributed by atoms with Crippen LogP contribution in [0.15, 0.2) is 18.2 Å². The number of pyridine rings is 1. The van der Waals surface area contributed by atoms with Gasteiger partial charge in [-0.05, 0) is 24.5 Å². The Morgan fingerprint density at radius 1 is 1.31 bits per heavy atom. The minimum absolute atomic E-state index is 0.274. The fourth-order valence-electron chi connectivity index (χ4n) is 1.18. The molecule has 1 heterocycles. The first-order valence-corrected chi connectivity index (χ1v) is 5.17. The lowest BCUT2D eigenvalue weighted by Gasteiger charge is -2.10.